The molecule has 6 nitrogen and oxygen atoms in total. The van der Waals surface area contributed by atoms with Gasteiger partial charge in [0.1, 0.15) is 5.56 Å². The number of nitrogens with zero attached hydrogens (tertiary/aromatic N) is 2. The maximum Gasteiger partial charge on any atom is 0.404 e. The van der Waals surface area contributed by atoms with Crippen LogP contribution >= 0.6 is 0 Å². The Kier molecular flexibility index (Phi) is 6.20. The average molecular weight is 467 g/mol. The monoisotopic (exact) mass is 466 g/mol. The molecule has 1 aromatic heterocycles. The van der Waals surface area contributed by atoms with Crippen LogP contribution in [0.5, 0.6) is 5.88 Å². The number of benzene rings is 1. The van der Waals surface area contributed by atoms with E-state index in [1.54, 1.807) is 0 Å². The molecule has 4 rings (SSSR count). The van der Waals surface area contributed by atoms with Crippen molar-refractivity contribution in [3.63, 3.8) is 0 Å². The highest BCUT2D eigenvalue weighted by Gasteiger charge is 2.65. The van der Waals surface area contributed by atoms with Gasteiger partial charge in [-0.05, 0) is 49.3 Å². The van der Waals surface area contributed by atoms with E-state index in [-0.39, 0.29) is 49.5 Å². The van der Waals surface area contributed by atoms with Crippen molar-refractivity contribution in [2.75, 3.05) is 13.2 Å². The van der Waals surface area contributed by atoms with Gasteiger partial charge in [0, 0.05) is 0 Å². The van der Waals surface area contributed by atoms with Crippen molar-refractivity contribution < 1.29 is 27.4 Å². The SMILES string of the molecule is CCc1cc(C)cc(CC)c1-c1c(OC(=O)C2(C(F)(F)F)CCC2)n2n(c1=O)CCOCC2. The summed E-state index contributed by atoms with van der Waals surface area (Å²) in [6.45, 7) is 6.86. The molecule has 0 unspecified atom stereocenters. The van der Waals surface area contributed by atoms with Gasteiger partial charge in [0.15, 0.2) is 5.41 Å². The van der Waals surface area contributed by atoms with Crippen molar-refractivity contribution in [1.82, 2.24) is 9.36 Å². The van der Waals surface area contributed by atoms with E-state index in [9.17, 15) is 22.8 Å². The van der Waals surface area contributed by atoms with Crippen LogP contribution in [0.25, 0.3) is 11.1 Å². The molecule has 0 saturated heterocycles. The Hall–Kier alpha value is -2.55. The van der Waals surface area contributed by atoms with Crippen molar-refractivity contribution in [3.05, 3.63) is 39.2 Å². The van der Waals surface area contributed by atoms with Gasteiger partial charge < -0.3 is 9.47 Å². The van der Waals surface area contributed by atoms with Gasteiger partial charge in [0.05, 0.1) is 26.3 Å². The van der Waals surface area contributed by atoms with E-state index in [0.717, 1.165) is 16.7 Å². The van der Waals surface area contributed by atoms with Crippen molar-refractivity contribution >= 4 is 5.97 Å². The van der Waals surface area contributed by atoms with E-state index < -0.39 is 17.6 Å². The van der Waals surface area contributed by atoms with Crippen LogP contribution in [0.15, 0.2) is 16.9 Å². The lowest BCUT2D eigenvalue weighted by molar-refractivity contribution is -0.250. The van der Waals surface area contributed by atoms with Crippen LogP contribution in [0.3, 0.4) is 0 Å². The van der Waals surface area contributed by atoms with E-state index in [2.05, 4.69) is 0 Å². The minimum absolute atomic E-state index is 0.112. The van der Waals surface area contributed by atoms with E-state index in [1.165, 1.54) is 9.36 Å². The molecule has 180 valence electrons. The minimum Gasteiger partial charge on any atom is -0.406 e. The molecule has 2 heterocycles. The largest absolute Gasteiger partial charge is 0.406 e. The quantitative estimate of drug-likeness (QED) is 0.612. The molecule has 1 aliphatic carbocycles. The molecule has 0 radical (unpaired) electrons. The normalized spacial score (nSPS) is 17.8. The van der Waals surface area contributed by atoms with Gasteiger partial charge in [0.25, 0.3) is 5.56 Å². The first kappa shape index (κ1) is 23.6. The minimum atomic E-state index is -4.71. The molecule has 2 aromatic rings. The van der Waals surface area contributed by atoms with Crippen molar-refractivity contribution in [1.29, 1.82) is 0 Å². The third-order valence-electron chi connectivity index (χ3n) is 6.87. The molecule has 33 heavy (non-hydrogen) atoms. The number of esters is 1. The van der Waals surface area contributed by atoms with Crippen molar-refractivity contribution in [3.8, 4) is 17.0 Å². The Morgan fingerprint density at radius 1 is 1.06 bits per heavy atom. The fraction of sp³-hybridized carbons (Fsp3) is 0.583. The number of ether oxygens (including phenoxy) is 2. The summed E-state index contributed by atoms with van der Waals surface area (Å²) in [5, 5.41) is 0. The average Bonchev–Trinajstić information content (AvgIpc) is 2.87. The number of aryl methyl sites for hydroxylation is 3. The third kappa shape index (κ3) is 3.80. The molecule has 0 spiro atoms. The number of aromatic nitrogens is 2. The highest BCUT2D eigenvalue weighted by molar-refractivity contribution is 5.84. The fourth-order valence-electron chi connectivity index (χ4n) is 4.87. The molecule has 0 N–H and O–H groups in total. The van der Waals surface area contributed by atoms with Crippen molar-refractivity contribution in [2.45, 2.75) is 72.1 Å². The Labute approximate surface area is 190 Å². The van der Waals surface area contributed by atoms with Gasteiger partial charge in [-0.1, -0.05) is 38.0 Å². The molecular weight excluding hydrogens is 437 g/mol. The number of rotatable bonds is 5. The molecular formula is C24H29F3N2O4. The topological polar surface area (TPSA) is 62.5 Å². The maximum atomic E-state index is 13.8. The summed E-state index contributed by atoms with van der Waals surface area (Å²) in [6.07, 6.45) is -3.76. The zero-order valence-electron chi connectivity index (χ0n) is 19.2. The molecule has 2 aliphatic rings. The third-order valence-corrected chi connectivity index (χ3v) is 6.87. The fourth-order valence-corrected chi connectivity index (χ4v) is 4.87. The first-order valence-corrected chi connectivity index (χ1v) is 11.5. The van der Waals surface area contributed by atoms with Crippen molar-refractivity contribution in [2.24, 2.45) is 5.41 Å². The summed E-state index contributed by atoms with van der Waals surface area (Å²) in [5.74, 6) is -1.45. The molecule has 1 aliphatic heterocycles. The Morgan fingerprint density at radius 2 is 1.64 bits per heavy atom. The predicted molar refractivity (Wildman–Crippen MR) is 116 cm³/mol. The molecule has 0 amide bonds. The summed E-state index contributed by atoms with van der Waals surface area (Å²) < 4.78 is 55.4. The van der Waals surface area contributed by atoms with Gasteiger partial charge in [-0.3, -0.25) is 9.59 Å². The summed E-state index contributed by atoms with van der Waals surface area (Å²) in [6, 6.07) is 3.94. The van der Waals surface area contributed by atoms with Crippen LogP contribution in [0.1, 0.15) is 49.8 Å². The zero-order chi connectivity index (χ0) is 24.0. The zero-order valence-corrected chi connectivity index (χ0v) is 19.2. The Balaban J connectivity index is 1.94. The summed E-state index contributed by atoms with van der Waals surface area (Å²) >= 11 is 0. The van der Waals surface area contributed by atoms with Crippen LogP contribution in [0, 0.1) is 12.3 Å². The van der Waals surface area contributed by atoms with Crippen LogP contribution in [-0.2, 0) is 35.5 Å². The molecule has 1 aromatic carbocycles. The second kappa shape index (κ2) is 8.66. The standard InChI is InChI=1S/C24H29F3N2O4/c1-4-16-13-15(3)14-17(5-2)18(16)19-20(30)28-9-11-32-12-10-29(28)21(19)33-22(31)23(7-6-8-23)24(25,26)27/h13-14H,4-12H2,1-3H3. The number of hydrogen-bond donors (Lipinski definition) is 0. The molecule has 9 heteroatoms. The van der Waals surface area contributed by atoms with Gasteiger partial charge in [-0.25, -0.2) is 9.36 Å². The van der Waals surface area contributed by atoms with Crippen LogP contribution < -0.4 is 10.3 Å². The van der Waals surface area contributed by atoms with Crippen LogP contribution in [0.4, 0.5) is 13.2 Å². The summed E-state index contributed by atoms with van der Waals surface area (Å²) in [4.78, 5) is 26.6. The molecule has 0 bridgehead atoms. The van der Waals surface area contributed by atoms with Gasteiger partial charge in [-0.15, -0.1) is 0 Å². The first-order valence-electron chi connectivity index (χ1n) is 11.5. The predicted octanol–water partition coefficient (Wildman–Crippen LogP) is 4.42. The van der Waals surface area contributed by atoms with E-state index in [1.807, 2.05) is 32.9 Å². The molecule has 0 atom stereocenters. The van der Waals surface area contributed by atoms with E-state index >= 15 is 0 Å². The smallest absolute Gasteiger partial charge is 0.404 e. The lowest BCUT2D eigenvalue weighted by atomic mass is 9.68. The number of hydrogen-bond acceptors (Lipinski definition) is 4. The summed E-state index contributed by atoms with van der Waals surface area (Å²) in [7, 11) is 0. The first-order chi connectivity index (χ1) is 15.6. The number of carbonyl (C=O) groups excluding carboxylic acids is 1. The van der Waals surface area contributed by atoms with Crippen LogP contribution in [0.2, 0.25) is 0 Å². The maximum absolute atomic E-state index is 13.8. The number of alkyl halides is 3. The number of halogens is 3. The molecule has 1 saturated carbocycles. The number of fused-ring (bicyclic) bond motifs is 1. The Bertz CT molecular complexity index is 1100. The van der Waals surface area contributed by atoms with Gasteiger partial charge in [-0.2, -0.15) is 13.2 Å². The Morgan fingerprint density at radius 3 is 2.12 bits per heavy atom. The summed E-state index contributed by atoms with van der Waals surface area (Å²) in [5.41, 5.74) is 0.744. The second-order valence-electron chi connectivity index (χ2n) is 8.83. The lowest BCUT2D eigenvalue weighted by Gasteiger charge is -2.40. The lowest BCUT2D eigenvalue weighted by Crippen LogP contribution is -2.52. The second-order valence-corrected chi connectivity index (χ2v) is 8.83. The highest BCUT2D eigenvalue weighted by Crippen LogP contribution is 2.54. The highest BCUT2D eigenvalue weighted by atomic mass is 19.4. The number of carbonyl (C=O) groups is 1. The van der Waals surface area contributed by atoms with E-state index in [0.29, 0.717) is 31.4 Å². The van der Waals surface area contributed by atoms with Gasteiger partial charge in [0.2, 0.25) is 5.88 Å². The van der Waals surface area contributed by atoms with E-state index in [4.69, 9.17) is 9.47 Å². The van der Waals surface area contributed by atoms with Gasteiger partial charge >= 0.3 is 12.1 Å². The van der Waals surface area contributed by atoms with Crippen LogP contribution in [-0.4, -0.2) is 34.7 Å². The molecule has 1 fully saturated rings.